The Morgan fingerprint density at radius 1 is 1.07 bits per heavy atom. The van der Waals surface area contributed by atoms with E-state index in [1.807, 2.05) is 41.3 Å². The van der Waals surface area contributed by atoms with Crippen molar-refractivity contribution in [1.82, 2.24) is 5.32 Å². The number of anilines is 1. The molecule has 1 aliphatic rings. The van der Waals surface area contributed by atoms with Gasteiger partial charge in [-0.05, 0) is 29.9 Å². The minimum atomic E-state index is -0.345. The maximum Gasteiger partial charge on any atom is 0.292 e. The molecule has 1 aliphatic heterocycles. The predicted octanol–water partition coefficient (Wildman–Crippen LogP) is 4.71. The zero-order valence-electron chi connectivity index (χ0n) is 17.3. The monoisotopic (exact) mass is 395 g/mol. The summed E-state index contributed by atoms with van der Waals surface area (Å²) in [6.45, 7) is 7.65. The Balaban J connectivity index is 1.66. The van der Waals surface area contributed by atoms with E-state index in [-0.39, 0.29) is 33.9 Å². The van der Waals surface area contributed by atoms with Crippen molar-refractivity contribution in [2.45, 2.75) is 39.7 Å². The smallest absolute Gasteiger partial charge is 0.292 e. The molecule has 2 aromatic carbocycles. The summed E-state index contributed by atoms with van der Waals surface area (Å²) < 4.78 is 0. The van der Waals surface area contributed by atoms with Gasteiger partial charge in [-0.2, -0.15) is 0 Å². The van der Waals surface area contributed by atoms with Gasteiger partial charge in [0.2, 0.25) is 5.91 Å². The number of hydrogen-bond donors (Lipinski definition) is 1. The maximum atomic E-state index is 13.0. The first kappa shape index (κ1) is 20.8. The number of piperidine rings is 1. The zero-order valence-corrected chi connectivity index (χ0v) is 17.3. The quantitative estimate of drug-likeness (QED) is 0.587. The van der Waals surface area contributed by atoms with Crippen molar-refractivity contribution in [3.8, 4) is 0 Å². The van der Waals surface area contributed by atoms with Gasteiger partial charge in [-0.15, -0.1) is 0 Å². The highest BCUT2D eigenvalue weighted by Gasteiger charge is 2.32. The van der Waals surface area contributed by atoms with E-state index in [1.54, 1.807) is 12.1 Å². The summed E-state index contributed by atoms with van der Waals surface area (Å²) in [7, 11) is 0. The molecule has 1 amide bonds. The van der Waals surface area contributed by atoms with E-state index in [2.05, 4.69) is 26.1 Å². The van der Waals surface area contributed by atoms with Crippen LogP contribution in [0.4, 0.5) is 11.4 Å². The number of carbonyl (C=O) groups excluding carboxylic acids is 1. The van der Waals surface area contributed by atoms with E-state index >= 15 is 0 Å². The normalized spacial score (nSPS) is 16.3. The molecule has 1 unspecified atom stereocenters. The number of rotatable bonds is 5. The highest BCUT2D eigenvalue weighted by atomic mass is 16.6. The lowest BCUT2D eigenvalue weighted by molar-refractivity contribution is -0.384. The largest absolute Gasteiger partial charge is 0.366 e. The Hall–Kier alpha value is -2.89. The summed E-state index contributed by atoms with van der Waals surface area (Å²) in [5.74, 6) is -0.0152. The molecular formula is C23H29N3O3. The molecule has 0 aromatic heterocycles. The summed E-state index contributed by atoms with van der Waals surface area (Å²) in [5, 5.41) is 14.6. The highest BCUT2D eigenvalue weighted by molar-refractivity contribution is 5.79. The molecule has 0 saturated carbocycles. The van der Waals surface area contributed by atoms with Gasteiger partial charge in [-0.1, -0.05) is 63.2 Å². The van der Waals surface area contributed by atoms with Gasteiger partial charge in [0, 0.05) is 25.1 Å². The molecule has 1 fully saturated rings. The zero-order chi connectivity index (χ0) is 21.0. The summed E-state index contributed by atoms with van der Waals surface area (Å²) in [6.07, 6.45) is 1.37. The van der Waals surface area contributed by atoms with Crippen LogP contribution in [-0.4, -0.2) is 23.9 Å². The highest BCUT2D eigenvalue weighted by Crippen LogP contribution is 2.34. The van der Waals surface area contributed by atoms with Crippen LogP contribution in [0.5, 0.6) is 0 Å². The van der Waals surface area contributed by atoms with E-state index in [0.717, 1.165) is 5.56 Å². The Morgan fingerprint density at radius 3 is 2.24 bits per heavy atom. The van der Waals surface area contributed by atoms with Gasteiger partial charge in [-0.3, -0.25) is 14.9 Å². The van der Waals surface area contributed by atoms with E-state index in [9.17, 15) is 14.9 Å². The molecule has 1 atom stereocenters. The molecule has 6 nitrogen and oxygen atoms in total. The van der Waals surface area contributed by atoms with Crippen LogP contribution in [0.3, 0.4) is 0 Å². The van der Waals surface area contributed by atoms with Crippen molar-refractivity contribution < 1.29 is 9.72 Å². The van der Waals surface area contributed by atoms with Crippen LogP contribution >= 0.6 is 0 Å². The second-order valence-electron chi connectivity index (χ2n) is 8.73. The fourth-order valence-corrected chi connectivity index (χ4v) is 3.97. The number of carbonyl (C=O) groups is 1. The summed E-state index contributed by atoms with van der Waals surface area (Å²) in [5.41, 5.74) is 1.74. The van der Waals surface area contributed by atoms with Crippen LogP contribution in [-0.2, 0) is 4.79 Å². The first-order chi connectivity index (χ1) is 13.8. The Labute approximate surface area is 172 Å². The summed E-state index contributed by atoms with van der Waals surface area (Å²) in [6, 6.07) is 16.8. The molecule has 0 spiro atoms. The molecular weight excluding hydrogens is 366 g/mol. The number of nitro benzene ring substituents is 1. The molecule has 29 heavy (non-hydrogen) atoms. The standard InChI is InChI=1S/C23H29N3O3/c1-23(2,3)21(17-9-5-4-6-10-17)24-22(27)18-13-15-25(16-14-18)19-11-7-8-12-20(19)26(28)29/h4-12,18,21H,13-16H2,1-3H3,(H,24,27). The lowest BCUT2D eigenvalue weighted by Crippen LogP contribution is -2.44. The average molecular weight is 396 g/mol. The number of nitrogens with one attached hydrogen (secondary N) is 1. The second kappa shape index (κ2) is 8.64. The Morgan fingerprint density at radius 2 is 1.66 bits per heavy atom. The molecule has 0 bridgehead atoms. The third-order valence-electron chi connectivity index (χ3n) is 5.57. The second-order valence-corrected chi connectivity index (χ2v) is 8.73. The average Bonchev–Trinajstić information content (AvgIpc) is 2.71. The van der Waals surface area contributed by atoms with E-state index in [4.69, 9.17) is 0 Å². The van der Waals surface area contributed by atoms with Gasteiger partial charge in [-0.25, -0.2) is 0 Å². The number of hydrogen-bond acceptors (Lipinski definition) is 4. The summed E-state index contributed by atoms with van der Waals surface area (Å²) >= 11 is 0. The van der Waals surface area contributed by atoms with E-state index in [0.29, 0.717) is 31.6 Å². The third kappa shape index (κ3) is 4.94. The van der Waals surface area contributed by atoms with Crippen LogP contribution in [0, 0.1) is 21.4 Å². The number of nitro groups is 1. The lowest BCUT2D eigenvalue weighted by Gasteiger charge is -2.36. The first-order valence-electron chi connectivity index (χ1n) is 10.1. The van der Waals surface area contributed by atoms with Crippen molar-refractivity contribution in [2.75, 3.05) is 18.0 Å². The maximum absolute atomic E-state index is 13.0. The van der Waals surface area contributed by atoms with Crippen LogP contribution in [0.25, 0.3) is 0 Å². The van der Waals surface area contributed by atoms with Gasteiger partial charge in [0.15, 0.2) is 0 Å². The van der Waals surface area contributed by atoms with Crippen molar-refractivity contribution in [3.63, 3.8) is 0 Å². The van der Waals surface area contributed by atoms with E-state index < -0.39 is 0 Å². The van der Waals surface area contributed by atoms with Gasteiger partial charge >= 0.3 is 0 Å². The molecule has 1 N–H and O–H groups in total. The van der Waals surface area contributed by atoms with Gasteiger partial charge in [0.1, 0.15) is 5.69 Å². The molecule has 154 valence electrons. The van der Waals surface area contributed by atoms with Gasteiger partial charge < -0.3 is 10.2 Å². The van der Waals surface area contributed by atoms with Crippen molar-refractivity contribution >= 4 is 17.3 Å². The molecule has 3 rings (SSSR count). The lowest BCUT2D eigenvalue weighted by atomic mass is 9.81. The molecule has 0 radical (unpaired) electrons. The van der Waals surface area contributed by atoms with Crippen LogP contribution in [0.1, 0.15) is 45.2 Å². The minimum absolute atomic E-state index is 0.0653. The fraction of sp³-hybridized carbons (Fsp3) is 0.435. The number of amides is 1. The van der Waals surface area contributed by atoms with Crippen LogP contribution < -0.4 is 10.2 Å². The predicted molar refractivity (Wildman–Crippen MR) is 115 cm³/mol. The SMILES string of the molecule is CC(C)(C)C(NC(=O)C1CCN(c2ccccc2[N+](=O)[O-])CC1)c1ccccc1. The first-order valence-corrected chi connectivity index (χ1v) is 10.1. The molecule has 6 heteroatoms. The molecule has 1 heterocycles. The fourth-order valence-electron chi connectivity index (χ4n) is 3.97. The number of nitrogens with zero attached hydrogens (tertiary/aromatic N) is 2. The van der Waals surface area contributed by atoms with Crippen molar-refractivity contribution in [3.05, 3.63) is 70.3 Å². The van der Waals surface area contributed by atoms with Crippen LogP contribution in [0.15, 0.2) is 54.6 Å². The topological polar surface area (TPSA) is 75.5 Å². The minimum Gasteiger partial charge on any atom is -0.366 e. The molecule has 2 aromatic rings. The van der Waals surface area contributed by atoms with E-state index in [1.165, 1.54) is 6.07 Å². The van der Waals surface area contributed by atoms with Crippen molar-refractivity contribution in [2.24, 2.45) is 11.3 Å². The molecule has 0 aliphatic carbocycles. The van der Waals surface area contributed by atoms with Gasteiger partial charge in [0.05, 0.1) is 11.0 Å². The Bertz CT molecular complexity index is 853. The Kier molecular flexibility index (Phi) is 6.20. The van der Waals surface area contributed by atoms with Gasteiger partial charge in [0.25, 0.3) is 5.69 Å². The third-order valence-corrected chi connectivity index (χ3v) is 5.57. The summed E-state index contributed by atoms with van der Waals surface area (Å²) in [4.78, 5) is 26.0. The molecule has 1 saturated heterocycles. The number of benzene rings is 2. The van der Waals surface area contributed by atoms with Crippen LogP contribution in [0.2, 0.25) is 0 Å². The van der Waals surface area contributed by atoms with Crippen molar-refractivity contribution in [1.29, 1.82) is 0 Å². The number of para-hydroxylation sites is 2.